The average Bonchev–Trinajstić information content (AvgIpc) is 2.32. The molecule has 5 atom stereocenters. The van der Waals surface area contributed by atoms with Crippen molar-refractivity contribution in [3.8, 4) is 0 Å². The molecule has 1 aliphatic rings. The molecule has 0 bridgehead atoms. The monoisotopic (exact) mass is 288 g/mol. The van der Waals surface area contributed by atoms with Crippen LogP contribution in [0.1, 0.15) is 40.5 Å². The molecule has 1 fully saturated rings. The summed E-state index contributed by atoms with van der Waals surface area (Å²) in [5.74, 6) is 0.413. The Morgan fingerprint density at radius 1 is 1.47 bits per heavy atom. The molecule has 0 aliphatic heterocycles. The van der Waals surface area contributed by atoms with Crippen molar-refractivity contribution in [2.75, 3.05) is 12.8 Å². The molecule has 1 amide bonds. The topological polar surface area (TPSA) is 72.2 Å². The Morgan fingerprint density at radius 2 is 2.05 bits per heavy atom. The summed E-state index contributed by atoms with van der Waals surface area (Å²) in [7, 11) is -0.898. The minimum atomic E-state index is -0.898. The zero-order valence-corrected chi connectivity index (χ0v) is 13.5. The van der Waals surface area contributed by atoms with E-state index in [0.29, 0.717) is 12.5 Å². The van der Waals surface area contributed by atoms with E-state index in [1.54, 1.807) is 6.26 Å². The molecule has 3 N–H and O–H groups in total. The summed E-state index contributed by atoms with van der Waals surface area (Å²) in [5, 5.41) is 2.95. The first-order valence-corrected chi connectivity index (χ1v) is 8.65. The van der Waals surface area contributed by atoms with Gasteiger partial charge in [0, 0.05) is 40.8 Å². The lowest BCUT2D eigenvalue weighted by Crippen LogP contribution is -2.52. The van der Waals surface area contributed by atoms with Crippen LogP contribution in [0.15, 0.2) is 0 Å². The van der Waals surface area contributed by atoms with Crippen LogP contribution >= 0.6 is 0 Å². The Bertz CT molecular complexity index is 357. The van der Waals surface area contributed by atoms with Crippen LogP contribution < -0.4 is 11.1 Å². The number of nitrogens with one attached hydrogen (secondary N) is 1. The highest BCUT2D eigenvalue weighted by molar-refractivity contribution is 7.84. The van der Waals surface area contributed by atoms with Gasteiger partial charge in [0.15, 0.2) is 0 Å². The third-order valence-corrected chi connectivity index (χ3v) is 6.25. The number of carbonyl (C=O) groups is 1. The van der Waals surface area contributed by atoms with Crippen LogP contribution in [-0.4, -0.2) is 34.2 Å². The Hall–Kier alpha value is -0.420. The van der Waals surface area contributed by atoms with Crippen molar-refractivity contribution in [2.24, 2.45) is 23.0 Å². The molecule has 0 radical (unpaired) electrons. The van der Waals surface area contributed by atoms with E-state index >= 15 is 0 Å². The molecule has 0 heterocycles. The van der Waals surface area contributed by atoms with Crippen LogP contribution in [0.25, 0.3) is 0 Å². The smallest absolute Gasteiger partial charge is 0.223 e. The van der Waals surface area contributed by atoms with E-state index in [4.69, 9.17) is 5.73 Å². The molecule has 5 unspecified atom stereocenters. The Balaban J connectivity index is 2.64. The van der Waals surface area contributed by atoms with Gasteiger partial charge in [-0.2, -0.15) is 0 Å². The summed E-state index contributed by atoms with van der Waals surface area (Å²) >= 11 is 0. The molecule has 0 aromatic heterocycles. The molecule has 0 spiro atoms. The minimum absolute atomic E-state index is 0.000193. The zero-order chi connectivity index (χ0) is 14.8. The SMILES string of the molecule is CC(CNC(=O)C1CCC(N)C(C)C1(C)C)S(C)=O. The van der Waals surface area contributed by atoms with E-state index in [9.17, 15) is 9.00 Å². The lowest BCUT2D eigenvalue weighted by atomic mass is 9.61. The van der Waals surface area contributed by atoms with Gasteiger partial charge in [-0.3, -0.25) is 9.00 Å². The molecule has 0 saturated heterocycles. The molecule has 0 aromatic rings. The second-order valence-corrected chi connectivity index (χ2v) is 8.26. The van der Waals surface area contributed by atoms with Crippen LogP contribution in [0.2, 0.25) is 0 Å². The highest BCUT2D eigenvalue weighted by Gasteiger charge is 2.44. The molecular weight excluding hydrogens is 260 g/mol. The molecule has 1 aliphatic carbocycles. The van der Waals surface area contributed by atoms with Gasteiger partial charge in [0.1, 0.15) is 0 Å². The Labute approximate surface area is 119 Å². The molecule has 4 nitrogen and oxygen atoms in total. The first kappa shape index (κ1) is 16.6. The van der Waals surface area contributed by atoms with Crippen LogP contribution in [0.3, 0.4) is 0 Å². The predicted octanol–water partition coefficient (Wildman–Crippen LogP) is 1.27. The van der Waals surface area contributed by atoms with Gasteiger partial charge in [-0.25, -0.2) is 0 Å². The Kier molecular flexibility index (Phi) is 5.56. The predicted molar refractivity (Wildman–Crippen MR) is 80.2 cm³/mol. The number of amides is 1. The third-order valence-electron chi connectivity index (χ3n) is 4.95. The standard InChI is InChI=1S/C14H28N2O2S/c1-9(19(5)18)8-16-13(17)11-6-7-12(15)10(2)14(11,3)4/h9-12H,6-8,15H2,1-5H3,(H,16,17). The normalized spacial score (nSPS) is 33.5. The quantitative estimate of drug-likeness (QED) is 0.818. The number of hydrogen-bond donors (Lipinski definition) is 2. The number of carbonyl (C=O) groups excluding carboxylic acids is 1. The van der Waals surface area contributed by atoms with Crippen molar-refractivity contribution >= 4 is 16.7 Å². The van der Waals surface area contributed by atoms with Crippen molar-refractivity contribution < 1.29 is 9.00 Å². The van der Waals surface area contributed by atoms with E-state index in [2.05, 4.69) is 26.1 Å². The molecule has 19 heavy (non-hydrogen) atoms. The lowest BCUT2D eigenvalue weighted by molar-refractivity contribution is -0.132. The highest BCUT2D eigenvalue weighted by Crippen LogP contribution is 2.44. The van der Waals surface area contributed by atoms with Gasteiger partial charge in [-0.05, 0) is 31.1 Å². The van der Waals surface area contributed by atoms with Gasteiger partial charge in [0.2, 0.25) is 5.91 Å². The summed E-state index contributed by atoms with van der Waals surface area (Å²) in [4.78, 5) is 12.3. The molecule has 1 rings (SSSR count). The average molecular weight is 288 g/mol. The maximum atomic E-state index is 12.3. The van der Waals surface area contributed by atoms with Crippen LogP contribution in [0, 0.1) is 17.3 Å². The lowest BCUT2D eigenvalue weighted by Gasteiger charge is -2.46. The fourth-order valence-electron chi connectivity index (χ4n) is 2.80. The van der Waals surface area contributed by atoms with Gasteiger partial charge >= 0.3 is 0 Å². The minimum Gasteiger partial charge on any atom is -0.355 e. The first-order chi connectivity index (χ1) is 8.67. The zero-order valence-electron chi connectivity index (χ0n) is 12.7. The maximum absolute atomic E-state index is 12.3. The summed E-state index contributed by atoms with van der Waals surface area (Å²) in [5.41, 5.74) is 6.02. The van der Waals surface area contributed by atoms with Crippen molar-refractivity contribution in [3.05, 3.63) is 0 Å². The first-order valence-electron chi connectivity index (χ1n) is 7.03. The summed E-state index contributed by atoms with van der Waals surface area (Å²) in [6, 6.07) is 0.182. The largest absolute Gasteiger partial charge is 0.355 e. The van der Waals surface area contributed by atoms with Crippen LogP contribution in [-0.2, 0) is 15.6 Å². The third kappa shape index (κ3) is 3.78. The van der Waals surface area contributed by atoms with E-state index in [-0.39, 0.29) is 28.5 Å². The fraction of sp³-hybridized carbons (Fsp3) is 0.929. The number of hydrogen-bond acceptors (Lipinski definition) is 3. The second-order valence-electron chi connectivity index (χ2n) is 6.46. The van der Waals surface area contributed by atoms with Gasteiger partial charge in [-0.1, -0.05) is 20.8 Å². The van der Waals surface area contributed by atoms with Crippen molar-refractivity contribution in [1.29, 1.82) is 0 Å². The van der Waals surface area contributed by atoms with Crippen molar-refractivity contribution in [3.63, 3.8) is 0 Å². The Morgan fingerprint density at radius 3 is 2.58 bits per heavy atom. The molecule has 5 heteroatoms. The summed E-state index contributed by atoms with van der Waals surface area (Å²) in [6.45, 7) is 8.76. The molecule has 1 saturated carbocycles. The second kappa shape index (κ2) is 6.35. The molecule has 112 valence electrons. The highest BCUT2D eigenvalue weighted by atomic mass is 32.2. The van der Waals surface area contributed by atoms with E-state index in [1.807, 2.05) is 6.92 Å². The van der Waals surface area contributed by atoms with Gasteiger partial charge in [-0.15, -0.1) is 0 Å². The van der Waals surface area contributed by atoms with E-state index < -0.39 is 10.8 Å². The van der Waals surface area contributed by atoms with Gasteiger partial charge in [0.25, 0.3) is 0 Å². The summed E-state index contributed by atoms with van der Waals surface area (Å²) in [6.07, 6.45) is 3.41. The molecule has 0 aromatic carbocycles. The molecular formula is C14H28N2O2S. The van der Waals surface area contributed by atoms with Crippen LogP contribution in [0.5, 0.6) is 0 Å². The van der Waals surface area contributed by atoms with E-state index in [0.717, 1.165) is 12.8 Å². The van der Waals surface area contributed by atoms with Crippen LogP contribution in [0.4, 0.5) is 0 Å². The van der Waals surface area contributed by atoms with Crippen molar-refractivity contribution in [1.82, 2.24) is 5.32 Å². The van der Waals surface area contributed by atoms with Crippen molar-refractivity contribution in [2.45, 2.75) is 51.8 Å². The van der Waals surface area contributed by atoms with Gasteiger partial charge < -0.3 is 11.1 Å². The van der Waals surface area contributed by atoms with Gasteiger partial charge in [0.05, 0.1) is 0 Å². The van der Waals surface area contributed by atoms with E-state index in [1.165, 1.54) is 0 Å². The maximum Gasteiger partial charge on any atom is 0.223 e. The number of nitrogens with two attached hydrogens (primary N) is 1. The fourth-order valence-corrected chi connectivity index (χ4v) is 3.12. The summed E-state index contributed by atoms with van der Waals surface area (Å²) < 4.78 is 11.3. The number of rotatable bonds is 4.